The van der Waals surface area contributed by atoms with E-state index in [2.05, 4.69) is 48.6 Å². The molecule has 112 valence electrons. The van der Waals surface area contributed by atoms with Crippen LogP contribution >= 0.6 is 11.3 Å². The van der Waals surface area contributed by atoms with Crippen LogP contribution in [0.5, 0.6) is 0 Å². The van der Waals surface area contributed by atoms with Crippen LogP contribution in [0.15, 0.2) is 17.5 Å². The van der Waals surface area contributed by atoms with E-state index in [-0.39, 0.29) is 0 Å². The maximum absolute atomic E-state index is 3.87. The van der Waals surface area contributed by atoms with Crippen LogP contribution in [0.4, 0.5) is 0 Å². The Kier molecular flexibility index (Phi) is 4.49. The summed E-state index contributed by atoms with van der Waals surface area (Å²) in [6, 6.07) is 6.71. The van der Waals surface area contributed by atoms with Gasteiger partial charge in [-0.25, -0.2) is 0 Å². The quantitative estimate of drug-likeness (QED) is 0.885. The predicted molar refractivity (Wildman–Crippen MR) is 87.2 cm³/mol. The second-order valence-electron chi connectivity index (χ2n) is 7.03. The molecule has 0 spiro atoms. The van der Waals surface area contributed by atoms with Crippen LogP contribution in [0, 0.1) is 11.8 Å². The van der Waals surface area contributed by atoms with Crippen molar-refractivity contribution in [1.29, 1.82) is 0 Å². The maximum atomic E-state index is 3.87. The highest BCUT2D eigenvalue weighted by atomic mass is 32.1. The van der Waals surface area contributed by atoms with E-state index in [1.165, 1.54) is 37.1 Å². The fraction of sp³-hybridized carbons (Fsp3) is 0.765. The first-order valence-electron chi connectivity index (χ1n) is 8.14. The largest absolute Gasteiger partial charge is 0.309 e. The van der Waals surface area contributed by atoms with Gasteiger partial charge in [0.05, 0.1) is 0 Å². The Balaban J connectivity index is 1.56. The van der Waals surface area contributed by atoms with Gasteiger partial charge >= 0.3 is 0 Å². The van der Waals surface area contributed by atoms with Crippen molar-refractivity contribution in [1.82, 2.24) is 10.2 Å². The van der Waals surface area contributed by atoms with E-state index in [1.54, 1.807) is 0 Å². The second-order valence-corrected chi connectivity index (χ2v) is 8.01. The molecule has 0 amide bonds. The predicted octanol–water partition coefficient (Wildman–Crippen LogP) is 3.91. The summed E-state index contributed by atoms with van der Waals surface area (Å²) in [4.78, 5) is 4.13. The summed E-state index contributed by atoms with van der Waals surface area (Å²) in [6.07, 6.45) is 5.65. The molecule has 3 unspecified atom stereocenters. The van der Waals surface area contributed by atoms with Crippen molar-refractivity contribution in [3.05, 3.63) is 22.4 Å². The molecule has 3 atom stereocenters. The SMILES string of the molecule is CC(C)C(NCC1CC2CCC(C1)N2C)c1cccs1. The van der Waals surface area contributed by atoms with Crippen LogP contribution < -0.4 is 5.32 Å². The van der Waals surface area contributed by atoms with Gasteiger partial charge in [-0.15, -0.1) is 11.3 Å². The Bertz CT molecular complexity index is 401. The van der Waals surface area contributed by atoms with Crippen LogP contribution in [0.25, 0.3) is 0 Å². The Morgan fingerprint density at radius 1 is 1.30 bits per heavy atom. The van der Waals surface area contributed by atoms with Crippen molar-refractivity contribution in [2.75, 3.05) is 13.6 Å². The Morgan fingerprint density at radius 3 is 2.55 bits per heavy atom. The third-order valence-corrected chi connectivity index (χ3v) is 6.29. The number of hydrogen-bond donors (Lipinski definition) is 1. The number of piperidine rings is 1. The van der Waals surface area contributed by atoms with Crippen molar-refractivity contribution in [3.8, 4) is 0 Å². The van der Waals surface area contributed by atoms with E-state index in [4.69, 9.17) is 0 Å². The van der Waals surface area contributed by atoms with Crippen LogP contribution in [0.1, 0.15) is 50.4 Å². The van der Waals surface area contributed by atoms with Gasteiger partial charge in [-0.3, -0.25) is 0 Å². The molecule has 3 heterocycles. The molecule has 1 aromatic rings. The van der Waals surface area contributed by atoms with Crippen LogP contribution in [0.2, 0.25) is 0 Å². The molecule has 3 heteroatoms. The number of nitrogens with zero attached hydrogens (tertiary/aromatic N) is 1. The highest BCUT2D eigenvalue weighted by molar-refractivity contribution is 7.10. The standard InChI is InChI=1S/C17H28N2S/c1-12(2)17(16-5-4-8-20-16)18-11-13-9-14-6-7-15(10-13)19(14)3/h4-5,8,12-15,17-18H,6-7,9-11H2,1-3H3. The molecular formula is C17H28N2S. The zero-order valence-electron chi connectivity index (χ0n) is 13.0. The molecule has 2 bridgehead atoms. The molecule has 2 aliphatic rings. The average Bonchev–Trinajstić information content (AvgIpc) is 2.97. The molecular weight excluding hydrogens is 264 g/mol. The molecule has 2 aliphatic heterocycles. The fourth-order valence-corrected chi connectivity index (χ4v) is 5.09. The molecule has 3 rings (SSSR count). The molecule has 0 radical (unpaired) electrons. The highest BCUT2D eigenvalue weighted by Crippen LogP contribution is 2.37. The molecule has 20 heavy (non-hydrogen) atoms. The lowest BCUT2D eigenvalue weighted by atomic mass is 9.90. The van der Waals surface area contributed by atoms with Crippen LogP contribution in [0.3, 0.4) is 0 Å². The van der Waals surface area contributed by atoms with E-state index < -0.39 is 0 Å². The van der Waals surface area contributed by atoms with E-state index in [1.807, 2.05) is 11.3 Å². The lowest BCUT2D eigenvalue weighted by Gasteiger charge is -2.37. The minimum absolute atomic E-state index is 0.535. The molecule has 1 aromatic heterocycles. The number of thiophene rings is 1. The molecule has 2 saturated heterocycles. The lowest BCUT2D eigenvalue weighted by Crippen LogP contribution is -2.43. The number of nitrogens with one attached hydrogen (secondary N) is 1. The van der Waals surface area contributed by atoms with Gasteiger partial charge in [0.1, 0.15) is 0 Å². The third-order valence-electron chi connectivity index (χ3n) is 5.34. The minimum atomic E-state index is 0.535. The zero-order valence-corrected chi connectivity index (χ0v) is 13.8. The lowest BCUT2D eigenvalue weighted by molar-refractivity contribution is 0.130. The normalized spacial score (nSPS) is 31.9. The van der Waals surface area contributed by atoms with E-state index in [9.17, 15) is 0 Å². The summed E-state index contributed by atoms with van der Waals surface area (Å²) < 4.78 is 0. The van der Waals surface area contributed by atoms with E-state index in [0.29, 0.717) is 12.0 Å². The molecule has 0 aliphatic carbocycles. The van der Waals surface area contributed by atoms with Gasteiger partial charge in [0.25, 0.3) is 0 Å². The summed E-state index contributed by atoms with van der Waals surface area (Å²) in [5.41, 5.74) is 0. The first-order valence-corrected chi connectivity index (χ1v) is 9.02. The van der Waals surface area contributed by atoms with Crippen LogP contribution in [-0.2, 0) is 0 Å². The average molecular weight is 292 g/mol. The second kappa shape index (κ2) is 6.17. The molecule has 2 fully saturated rings. The van der Waals surface area contributed by atoms with Crippen molar-refractivity contribution in [2.45, 2.75) is 57.7 Å². The topological polar surface area (TPSA) is 15.3 Å². The fourth-order valence-electron chi connectivity index (χ4n) is 4.12. The zero-order chi connectivity index (χ0) is 14.1. The van der Waals surface area contributed by atoms with E-state index >= 15 is 0 Å². The first-order chi connectivity index (χ1) is 9.65. The van der Waals surface area contributed by atoms with Gasteiger partial charge in [-0.2, -0.15) is 0 Å². The minimum Gasteiger partial charge on any atom is -0.309 e. The Morgan fingerprint density at radius 2 is 2.00 bits per heavy atom. The highest BCUT2D eigenvalue weighted by Gasteiger charge is 2.38. The summed E-state index contributed by atoms with van der Waals surface area (Å²) in [6.45, 7) is 5.85. The monoisotopic (exact) mass is 292 g/mol. The van der Waals surface area contributed by atoms with Gasteiger partial charge < -0.3 is 10.2 Å². The maximum Gasteiger partial charge on any atom is 0.0438 e. The molecule has 2 nitrogen and oxygen atoms in total. The smallest absolute Gasteiger partial charge is 0.0438 e. The summed E-state index contributed by atoms with van der Waals surface area (Å²) >= 11 is 1.89. The van der Waals surface area contributed by atoms with Gasteiger partial charge in [0, 0.05) is 23.0 Å². The molecule has 0 saturated carbocycles. The summed E-state index contributed by atoms with van der Waals surface area (Å²) in [5, 5.41) is 6.06. The number of fused-ring (bicyclic) bond motifs is 2. The van der Waals surface area contributed by atoms with Crippen molar-refractivity contribution < 1.29 is 0 Å². The first kappa shape index (κ1) is 14.6. The summed E-state index contributed by atoms with van der Waals surface area (Å²) in [5.74, 6) is 1.54. The van der Waals surface area contributed by atoms with Crippen molar-refractivity contribution in [2.24, 2.45) is 11.8 Å². The van der Waals surface area contributed by atoms with Gasteiger partial charge in [-0.05, 0) is 62.6 Å². The summed E-state index contributed by atoms with van der Waals surface area (Å²) in [7, 11) is 2.33. The molecule has 0 aromatic carbocycles. The van der Waals surface area contributed by atoms with E-state index in [0.717, 1.165) is 18.0 Å². The van der Waals surface area contributed by atoms with Crippen molar-refractivity contribution in [3.63, 3.8) is 0 Å². The third kappa shape index (κ3) is 2.95. The Labute approximate surface area is 127 Å². The number of rotatable bonds is 5. The van der Waals surface area contributed by atoms with Gasteiger partial charge in [0.15, 0.2) is 0 Å². The number of hydrogen-bond acceptors (Lipinski definition) is 3. The van der Waals surface area contributed by atoms with Gasteiger partial charge in [-0.1, -0.05) is 19.9 Å². The van der Waals surface area contributed by atoms with Gasteiger partial charge in [0.2, 0.25) is 0 Å². The Hall–Kier alpha value is -0.380. The van der Waals surface area contributed by atoms with Crippen molar-refractivity contribution >= 4 is 11.3 Å². The van der Waals surface area contributed by atoms with Crippen LogP contribution in [-0.4, -0.2) is 30.6 Å². The molecule has 1 N–H and O–H groups in total.